The molecule has 3 fully saturated rings. The van der Waals surface area contributed by atoms with E-state index >= 15 is 0 Å². The van der Waals surface area contributed by atoms with Crippen LogP contribution in [-0.2, 0) is 0 Å². The molecular weight excluding hydrogens is 462 g/mol. The number of hydrogen-bond acceptors (Lipinski definition) is 6. The molecule has 35 heavy (non-hydrogen) atoms. The predicted octanol–water partition coefficient (Wildman–Crippen LogP) is 4.65. The molecule has 4 unspecified atom stereocenters. The Kier molecular flexibility index (Phi) is 5.70. The summed E-state index contributed by atoms with van der Waals surface area (Å²) in [6.07, 6.45) is 7.96. The molecule has 1 saturated heterocycles. The number of aromatic nitrogens is 3. The van der Waals surface area contributed by atoms with E-state index in [0.717, 1.165) is 28.3 Å². The average Bonchev–Trinajstić information content (AvgIpc) is 3.44. The molecule has 3 aromatic rings. The van der Waals surface area contributed by atoms with Gasteiger partial charge in [0, 0.05) is 46.3 Å². The Balaban J connectivity index is 1.42. The molecule has 7 nitrogen and oxygen atoms in total. The molecular formula is C27H34ClN5O2. The van der Waals surface area contributed by atoms with Crippen LogP contribution in [0.2, 0.25) is 5.02 Å². The van der Waals surface area contributed by atoms with Gasteiger partial charge in [0.1, 0.15) is 24.3 Å². The van der Waals surface area contributed by atoms with Gasteiger partial charge in [0.05, 0.1) is 11.9 Å². The third-order valence-electron chi connectivity index (χ3n) is 8.42. The molecule has 1 spiro atoms. The van der Waals surface area contributed by atoms with Crippen molar-refractivity contribution in [2.24, 2.45) is 5.41 Å². The summed E-state index contributed by atoms with van der Waals surface area (Å²) in [6.45, 7) is 5.03. The number of benzene rings is 1. The number of halogens is 1. The lowest BCUT2D eigenvalue weighted by Gasteiger charge is -2.69. The van der Waals surface area contributed by atoms with E-state index in [0.29, 0.717) is 40.7 Å². The minimum Gasteiger partial charge on any atom is -0.491 e. The molecule has 2 saturated carbocycles. The van der Waals surface area contributed by atoms with Gasteiger partial charge in [-0.1, -0.05) is 31.9 Å². The SMILES string of the molecule is CNCC(O)COc1cc(Cl)cc(-c2cc(N3C4CCCC45CCC35)n3ncc(C(C)C)c3n2)c1. The van der Waals surface area contributed by atoms with Gasteiger partial charge in [-0.2, -0.15) is 9.61 Å². The number of rotatable bonds is 8. The standard InChI is InChI=1S/C27H34ClN5O2/c1-16(2)21-14-30-33-25(32-23-5-4-7-27(23)8-6-24(27)32)12-22(31-26(21)33)17-9-18(28)11-20(10-17)35-15-19(34)13-29-3/h9-12,14,16,19,23-24,29,34H,4-8,13,15H2,1-3H3. The van der Waals surface area contributed by atoms with Crippen LogP contribution in [0.15, 0.2) is 30.5 Å². The van der Waals surface area contributed by atoms with Gasteiger partial charge in [-0.05, 0) is 56.8 Å². The molecule has 2 aliphatic carbocycles. The van der Waals surface area contributed by atoms with Gasteiger partial charge in [-0.15, -0.1) is 0 Å². The van der Waals surface area contributed by atoms with Crippen molar-refractivity contribution >= 4 is 23.1 Å². The number of nitrogens with one attached hydrogen (secondary N) is 1. The van der Waals surface area contributed by atoms with Crippen molar-refractivity contribution in [3.05, 3.63) is 41.0 Å². The number of fused-ring (bicyclic) bond motifs is 1. The molecule has 3 heterocycles. The highest BCUT2D eigenvalue weighted by Crippen LogP contribution is 2.66. The van der Waals surface area contributed by atoms with Gasteiger partial charge in [-0.3, -0.25) is 0 Å². The molecule has 2 N–H and O–H groups in total. The van der Waals surface area contributed by atoms with Crippen molar-refractivity contribution in [3.63, 3.8) is 0 Å². The van der Waals surface area contributed by atoms with Crippen LogP contribution in [0.5, 0.6) is 5.75 Å². The fourth-order valence-corrected chi connectivity index (χ4v) is 6.90. The summed E-state index contributed by atoms with van der Waals surface area (Å²) in [4.78, 5) is 7.71. The van der Waals surface area contributed by atoms with E-state index in [1.54, 1.807) is 13.1 Å². The third kappa shape index (κ3) is 3.62. The molecule has 1 aromatic carbocycles. The molecule has 186 valence electrons. The fraction of sp³-hybridized carbons (Fsp3) is 0.556. The van der Waals surface area contributed by atoms with Gasteiger partial charge in [-0.25, -0.2) is 4.98 Å². The Bertz CT molecular complexity index is 1260. The van der Waals surface area contributed by atoms with E-state index in [-0.39, 0.29) is 6.61 Å². The molecule has 0 amide bonds. The largest absolute Gasteiger partial charge is 0.491 e. The summed E-state index contributed by atoms with van der Waals surface area (Å²) < 4.78 is 7.92. The second-order valence-electron chi connectivity index (χ2n) is 10.8. The first-order valence-electron chi connectivity index (χ1n) is 12.8. The first-order valence-corrected chi connectivity index (χ1v) is 13.2. The topological polar surface area (TPSA) is 74.9 Å². The van der Waals surface area contributed by atoms with Gasteiger partial charge < -0.3 is 20.1 Å². The number of aliphatic hydroxyl groups is 1. The van der Waals surface area contributed by atoms with Crippen molar-refractivity contribution in [2.75, 3.05) is 25.1 Å². The minimum atomic E-state index is -0.593. The van der Waals surface area contributed by atoms with Crippen LogP contribution < -0.4 is 15.0 Å². The second kappa shape index (κ2) is 8.64. The molecule has 6 rings (SSSR count). The molecule has 3 aliphatic rings. The zero-order valence-corrected chi connectivity index (χ0v) is 21.4. The minimum absolute atomic E-state index is 0.192. The first kappa shape index (κ1) is 23.1. The van der Waals surface area contributed by atoms with Crippen molar-refractivity contribution in [3.8, 4) is 17.0 Å². The van der Waals surface area contributed by atoms with Crippen LogP contribution in [-0.4, -0.2) is 58.1 Å². The van der Waals surface area contributed by atoms with Crippen LogP contribution in [0.4, 0.5) is 5.82 Å². The zero-order chi connectivity index (χ0) is 24.3. The highest BCUT2D eigenvalue weighted by atomic mass is 35.5. The molecule has 2 aromatic heterocycles. The number of anilines is 1. The summed E-state index contributed by atoms with van der Waals surface area (Å²) in [6, 6.07) is 9.09. The van der Waals surface area contributed by atoms with Crippen LogP contribution in [0.1, 0.15) is 57.4 Å². The average molecular weight is 496 g/mol. The first-order chi connectivity index (χ1) is 16.9. The Labute approximate surface area is 211 Å². The van der Waals surface area contributed by atoms with Crippen LogP contribution in [0, 0.1) is 5.41 Å². The highest BCUT2D eigenvalue weighted by Gasteiger charge is 2.67. The summed E-state index contributed by atoms with van der Waals surface area (Å²) in [5.74, 6) is 2.08. The quantitative estimate of drug-likeness (QED) is 0.473. The van der Waals surface area contributed by atoms with E-state index in [9.17, 15) is 5.11 Å². The number of hydrogen-bond donors (Lipinski definition) is 2. The maximum atomic E-state index is 10.1. The molecule has 8 heteroatoms. The molecule has 1 aliphatic heterocycles. The van der Waals surface area contributed by atoms with Gasteiger partial charge in [0.25, 0.3) is 0 Å². The Morgan fingerprint density at radius 2 is 2.03 bits per heavy atom. The van der Waals surface area contributed by atoms with Crippen molar-refractivity contribution in [1.29, 1.82) is 0 Å². The van der Waals surface area contributed by atoms with E-state index in [2.05, 4.69) is 34.6 Å². The fourth-order valence-electron chi connectivity index (χ4n) is 6.67. The maximum Gasteiger partial charge on any atom is 0.161 e. The number of piperidine rings is 1. The predicted molar refractivity (Wildman–Crippen MR) is 139 cm³/mol. The summed E-state index contributed by atoms with van der Waals surface area (Å²) in [5, 5.41) is 18.4. The summed E-state index contributed by atoms with van der Waals surface area (Å²) in [5.41, 5.74) is 4.37. The van der Waals surface area contributed by atoms with E-state index in [1.165, 1.54) is 32.1 Å². The number of likely N-dealkylation sites (N-methyl/N-ethyl adjacent to an activating group) is 1. The lowest BCUT2D eigenvalue weighted by Crippen LogP contribution is -2.75. The molecule has 4 atom stereocenters. The van der Waals surface area contributed by atoms with Gasteiger partial charge in [0.2, 0.25) is 0 Å². The zero-order valence-electron chi connectivity index (χ0n) is 20.7. The Morgan fingerprint density at radius 1 is 1.20 bits per heavy atom. The van der Waals surface area contributed by atoms with Crippen LogP contribution in [0.25, 0.3) is 16.9 Å². The Hall–Kier alpha value is -2.35. The number of ether oxygens (including phenoxy) is 1. The monoisotopic (exact) mass is 495 g/mol. The van der Waals surface area contributed by atoms with Crippen molar-refractivity contribution in [2.45, 2.75) is 70.1 Å². The number of aliphatic hydroxyl groups excluding tert-OH is 1. The van der Waals surface area contributed by atoms with Crippen molar-refractivity contribution in [1.82, 2.24) is 19.9 Å². The highest BCUT2D eigenvalue weighted by molar-refractivity contribution is 6.31. The third-order valence-corrected chi connectivity index (χ3v) is 8.64. The van der Waals surface area contributed by atoms with Gasteiger partial charge in [0.15, 0.2) is 5.65 Å². The Morgan fingerprint density at radius 3 is 2.77 bits per heavy atom. The van der Waals surface area contributed by atoms with Crippen molar-refractivity contribution < 1.29 is 9.84 Å². The van der Waals surface area contributed by atoms with Gasteiger partial charge >= 0.3 is 0 Å². The number of nitrogens with zero attached hydrogens (tertiary/aromatic N) is 4. The van der Waals surface area contributed by atoms with E-state index < -0.39 is 6.10 Å². The van der Waals surface area contributed by atoms with Crippen LogP contribution >= 0.6 is 11.6 Å². The smallest absolute Gasteiger partial charge is 0.161 e. The van der Waals surface area contributed by atoms with E-state index in [1.807, 2.05) is 18.3 Å². The van der Waals surface area contributed by atoms with Crippen LogP contribution in [0.3, 0.4) is 0 Å². The normalized spacial score (nSPS) is 25.8. The summed E-state index contributed by atoms with van der Waals surface area (Å²) in [7, 11) is 1.80. The maximum absolute atomic E-state index is 10.1. The summed E-state index contributed by atoms with van der Waals surface area (Å²) >= 11 is 6.51. The second-order valence-corrected chi connectivity index (χ2v) is 11.2. The van der Waals surface area contributed by atoms with E-state index in [4.69, 9.17) is 26.4 Å². The molecule has 0 bridgehead atoms. The lowest BCUT2D eigenvalue weighted by molar-refractivity contribution is -0.0168. The molecule has 0 radical (unpaired) electrons. The lowest BCUT2D eigenvalue weighted by atomic mass is 9.53.